The zero-order valence-corrected chi connectivity index (χ0v) is 14.8. The Morgan fingerprint density at radius 1 is 1.38 bits per heavy atom. The normalized spacial score (nSPS) is 15.2. The highest BCUT2D eigenvalue weighted by molar-refractivity contribution is 8.18. The summed E-state index contributed by atoms with van der Waals surface area (Å²) < 4.78 is 5.60. The number of nitro benzene ring substituents is 1. The van der Waals surface area contributed by atoms with Gasteiger partial charge in [-0.3, -0.25) is 19.7 Å². The minimum atomic E-state index is -0.532. The van der Waals surface area contributed by atoms with Gasteiger partial charge in [0.25, 0.3) is 11.6 Å². The number of thioether (sulfide) groups is 1. The quantitative estimate of drug-likeness (QED) is 0.485. The van der Waals surface area contributed by atoms with Crippen LogP contribution in [0.3, 0.4) is 0 Å². The molecule has 0 bridgehead atoms. The highest BCUT2D eigenvalue weighted by Crippen LogP contribution is 2.35. The molecule has 1 aromatic heterocycles. The maximum Gasteiger partial charge on any atom is 0.286 e. The standard InChI is InChI=1S/C16H10ClN3O5S/c1-8(21)18-16-19-15(22)14(26-16)7-10-3-5-13(25-10)11-6-9(17)2-4-12(11)20(23)24/h2-7H,1H3,(H,18,19,21,22). The molecule has 0 spiro atoms. The van der Waals surface area contributed by atoms with Crippen LogP contribution in [0.2, 0.25) is 5.02 Å². The smallest absolute Gasteiger partial charge is 0.286 e. The van der Waals surface area contributed by atoms with Gasteiger partial charge < -0.3 is 9.73 Å². The molecule has 132 valence electrons. The number of amides is 2. The van der Waals surface area contributed by atoms with E-state index >= 15 is 0 Å². The molecule has 2 amide bonds. The van der Waals surface area contributed by atoms with Crippen LogP contribution in [0.5, 0.6) is 0 Å². The molecule has 26 heavy (non-hydrogen) atoms. The van der Waals surface area contributed by atoms with Gasteiger partial charge in [0, 0.05) is 24.1 Å². The molecule has 2 aromatic rings. The molecule has 0 saturated carbocycles. The Kier molecular flexibility index (Phi) is 4.92. The zero-order valence-electron chi connectivity index (χ0n) is 13.2. The Morgan fingerprint density at radius 2 is 2.15 bits per heavy atom. The Bertz CT molecular complexity index is 996. The Morgan fingerprint density at radius 3 is 2.85 bits per heavy atom. The molecule has 3 rings (SSSR count). The van der Waals surface area contributed by atoms with Crippen molar-refractivity contribution < 1.29 is 18.9 Å². The second-order valence-corrected chi connectivity index (χ2v) is 6.60. The number of nitrogens with zero attached hydrogens (tertiary/aromatic N) is 2. The highest BCUT2D eigenvalue weighted by Gasteiger charge is 2.24. The Balaban J connectivity index is 1.88. The van der Waals surface area contributed by atoms with Gasteiger partial charge in [-0.2, -0.15) is 4.99 Å². The number of benzene rings is 1. The summed E-state index contributed by atoms with van der Waals surface area (Å²) in [6.45, 7) is 1.31. The topological polar surface area (TPSA) is 115 Å². The predicted octanol–water partition coefficient (Wildman–Crippen LogP) is 3.61. The maximum absolute atomic E-state index is 11.9. The number of halogens is 1. The predicted molar refractivity (Wildman–Crippen MR) is 97.6 cm³/mol. The van der Waals surface area contributed by atoms with Crippen molar-refractivity contribution in [2.24, 2.45) is 4.99 Å². The van der Waals surface area contributed by atoms with Crippen molar-refractivity contribution in [2.75, 3.05) is 0 Å². The van der Waals surface area contributed by atoms with Crippen molar-refractivity contribution in [3.8, 4) is 11.3 Å². The van der Waals surface area contributed by atoms with E-state index < -0.39 is 10.8 Å². The molecular formula is C16H10ClN3O5S. The van der Waals surface area contributed by atoms with Crippen LogP contribution in [-0.4, -0.2) is 21.9 Å². The highest BCUT2D eigenvalue weighted by atomic mass is 35.5. The van der Waals surface area contributed by atoms with Gasteiger partial charge in [0.2, 0.25) is 5.91 Å². The van der Waals surface area contributed by atoms with Crippen LogP contribution in [0.25, 0.3) is 17.4 Å². The minimum Gasteiger partial charge on any atom is -0.456 e. The van der Waals surface area contributed by atoms with E-state index in [0.29, 0.717) is 10.8 Å². The van der Waals surface area contributed by atoms with Crippen LogP contribution in [0.1, 0.15) is 12.7 Å². The lowest BCUT2D eigenvalue weighted by atomic mass is 10.1. The van der Waals surface area contributed by atoms with Crippen LogP contribution in [0.15, 0.2) is 44.6 Å². The number of rotatable bonds is 3. The molecule has 1 N–H and O–H groups in total. The minimum absolute atomic E-state index is 0.148. The summed E-state index contributed by atoms with van der Waals surface area (Å²) in [6.07, 6.45) is 1.45. The lowest BCUT2D eigenvalue weighted by Crippen LogP contribution is -2.23. The molecule has 2 heterocycles. The molecule has 8 nitrogen and oxygen atoms in total. The molecule has 0 radical (unpaired) electrons. The average Bonchev–Trinajstić information content (AvgIpc) is 3.14. The third-order valence-corrected chi connectivity index (χ3v) is 4.36. The third-order valence-electron chi connectivity index (χ3n) is 3.22. The molecule has 0 fully saturated rings. The van der Waals surface area contributed by atoms with Crippen LogP contribution < -0.4 is 5.32 Å². The summed E-state index contributed by atoms with van der Waals surface area (Å²) in [7, 11) is 0. The SMILES string of the molecule is CC(=O)NC1=NC(=O)C(=Cc2ccc(-c3cc(Cl)ccc3[N+](=O)[O-])o2)S1. The number of carbonyl (C=O) groups is 2. The van der Waals surface area contributed by atoms with Gasteiger partial charge >= 0.3 is 0 Å². The van der Waals surface area contributed by atoms with Crippen molar-refractivity contribution in [3.63, 3.8) is 0 Å². The first-order valence-corrected chi connectivity index (χ1v) is 8.37. The van der Waals surface area contributed by atoms with Crippen molar-refractivity contribution in [1.82, 2.24) is 5.32 Å². The number of carbonyl (C=O) groups excluding carboxylic acids is 2. The number of aliphatic imine (C=N–C) groups is 1. The fourth-order valence-corrected chi connectivity index (χ4v) is 3.19. The molecule has 1 aliphatic rings. The number of amidine groups is 1. The van der Waals surface area contributed by atoms with Crippen molar-refractivity contribution >= 4 is 52.1 Å². The number of hydrogen-bond donors (Lipinski definition) is 1. The molecule has 0 aliphatic carbocycles. The monoisotopic (exact) mass is 391 g/mol. The van der Waals surface area contributed by atoms with Gasteiger partial charge in [0.05, 0.1) is 15.4 Å². The van der Waals surface area contributed by atoms with E-state index in [4.69, 9.17) is 16.0 Å². The van der Waals surface area contributed by atoms with E-state index in [-0.39, 0.29) is 33.0 Å². The summed E-state index contributed by atoms with van der Waals surface area (Å²) in [6, 6.07) is 7.26. The first-order chi connectivity index (χ1) is 12.3. The zero-order chi connectivity index (χ0) is 18.8. The molecule has 1 aliphatic heterocycles. The summed E-state index contributed by atoms with van der Waals surface area (Å²) in [4.78, 5) is 37.5. The number of nitrogens with one attached hydrogen (secondary N) is 1. The summed E-state index contributed by atoms with van der Waals surface area (Å²) in [5, 5.41) is 14.1. The molecule has 1 aromatic carbocycles. The maximum atomic E-state index is 11.9. The number of hydrogen-bond acceptors (Lipinski definition) is 6. The van der Waals surface area contributed by atoms with E-state index in [1.807, 2.05) is 0 Å². The van der Waals surface area contributed by atoms with Gasteiger partial charge in [-0.1, -0.05) is 11.6 Å². The van der Waals surface area contributed by atoms with Crippen LogP contribution in [0, 0.1) is 10.1 Å². The van der Waals surface area contributed by atoms with Crippen LogP contribution in [-0.2, 0) is 9.59 Å². The van der Waals surface area contributed by atoms with E-state index in [0.717, 1.165) is 11.8 Å². The number of furan rings is 1. The fourth-order valence-electron chi connectivity index (χ4n) is 2.18. The average molecular weight is 392 g/mol. The van der Waals surface area contributed by atoms with Crippen molar-refractivity contribution in [2.45, 2.75) is 6.92 Å². The van der Waals surface area contributed by atoms with E-state index in [9.17, 15) is 19.7 Å². The number of nitro groups is 1. The molecule has 0 unspecified atom stereocenters. The molecule has 10 heteroatoms. The lowest BCUT2D eigenvalue weighted by Gasteiger charge is -2.00. The summed E-state index contributed by atoms with van der Waals surface area (Å²) in [5.74, 6) is -0.293. The lowest BCUT2D eigenvalue weighted by molar-refractivity contribution is -0.384. The van der Waals surface area contributed by atoms with Crippen molar-refractivity contribution in [1.29, 1.82) is 0 Å². The fraction of sp³-hybridized carbons (Fsp3) is 0.0625. The van der Waals surface area contributed by atoms with Gasteiger partial charge in [-0.15, -0.1) is 0 Å². The van der Waals surface area contributed by atoms with E-state index in [1.165, 1.54) is 31.2 Å². The second-order valence-electron chi connectivity index (χ2n) is 5.13. The van der Waals surface area contributed by atoms with E-state index in [2.05, 4.69) is 10.3 Å². The second kappa shape index (κ2) is 7.14. The molecule has 0 saturated heterocycles. The van der Waals surface area contributed by atoms with Crippen LogP contribution in [0.4, 0.5) is 5.69 Å². The van der Waals surface area contributed by atoms with Gasteiger partial charge in [-0.25, -0.2) is 0 Å². The van der Waals surface area contributed by atoms with Gasteiger partial charge in [0.1, 0.15) is 11.5 Å². The first-order valence-electron chi connectivity index (χ1n) is 7.18. The largest absolute Gasteiger partial charge is 0.456 e. The van der Waals surface area contributed by atoms with Crippen molar-refractivity contribution in [3.05, 3.63) is 56.1 Å². The Hall–Kier alpha value is -2.91. The molecule has 0 atom stereocenters. The Labute approximate surface area is 156 Å². The van der Waals surface area contributed by atoms with Crippen LogP contribution >= 0.6 is 23.4 Å². The summed E-state index contributed by atoms with van der Waals surface area (Å²) >= 11 is 6.92. The first kappa shape index (κ1) is 17.9. The van der Waals surface area contributed by atoms with Gasteiger partial charge in [-0.05, 0) is 36.0 Å². The van der Waals surface area contributed by atoms with E-state index in [1.54, 1.807) is 12.1 Å². The molecular weight excluding hydrogens is 382 g/mol. The summed E-state index contributed by atoms with van der Waals surface area (Å²) in [5.41, 5.74) is 0.0817. The third kappa shape index (κ3) is 3.84. The van der Waals surface area contributed by atoms with Gasteiger partial charge in [0.15, 0.2) is 5.17 Å².